The summed E-state index contributed by atoms with van der Waals surface area (Å²) in [6, 6.07) is 20.5. The molecule has 1 saturated carbocycles. The average molecular weight is 617 g/mol. The van der Waals surface area contributed by atoms with Gasteiger partial charge in [-0.1, -0.05) is 90.1 Å². The van der Waals surface area contributed by atoms with Gasteiger partial charge < -0.3 is 10.2 Å². The summed E-state index contributed by atoms with van der Waals surface area (Å²) >= 11 is 12.6. The predicted molar refractivity (Wildman–Crippen MR) is 165 cm³/mol. The highest BCUT2D eigenvalue weighted by Gasteiger charge is 2.34. The van der Waals surface area contributed by atoms with E-state index in [-0.39, 0.29) is 24.9 Å². The van der Waals surface area contributed by atoms with Crippen molar-refractivity contribution < 1.29 is 18.0 Å². The largest absolute Gasteiger partial charge is 0.352 e. The van der Waals surface area contributed by atoms with E-state index in [0.717, 1.165) is 47.4 Å². The van der Waals surface area contributed by atoms with Crippen LogP contribution in [0.1, 0.15) is 42.4 Å². The second kappa shape index (κ2) is 13.7. The zero-order chi connectivity index (χ0) is 29.6. The molecule has 0 aromatic heterocycles. The first-order valence-corrected chi connectivity index (χ1v) is 16.2. The van der Waals surface area contributed by atoms with Crippen molar-refractivity contribution >= 4 is 50.7 Å². The highest BCUT2D eigenvalue weighted by molar-refractivity contribution is 7.92. The smallest absolute Gasteiger partial charge is 0.244 e. The molecule has 1 aliphatic rings. The molecule has 0 radical (unpaired) electrons. The van der Waals surface area contributed by atoms with Crippen LogP contribution < -0.4 is 9.62 Å². The zero-order valence-corrected chi connectivity index (χ0v) is 25.6. The summed E-state index contributed by atoms with van der Waals surface area (Å²) < 4.78 is 26.8. The van der Waals surface area contributed by atoms with Crippen LogP contribution in [0, 0.1) is 6.92 Å². The zero-order valence-electron chi connectivity index (χ0n) is 23.2. The number of carbonyl (C=O) groups is 2. The summed E-state index contributed by atoms with van der Waals surface area (Å²) in [7, 11) is -3.83. The number of halogens is 2. The molecule has 0 heterocycles. The molecule has 3 aromatic carbocycles. The lowest BCUT2D eigenvalue weighted by molar-refractivity contribution is -0.140. The Kier molecular flexibility index (Phi) is 10.3. The minimum absolute atomic E-state index is 0.00405. The van der Waals surface area contributed by atoms with E-state index in [0.29, 0.717) is 21.3 Å². The molecule has 4 rings (SSSR count). The Morgan fingerprint density at radius 1 is 0.976 bits per heavy atom. The topological polar surface area (TPSA) is 86.8 Å². The fourth-order valence-corrected chi connectivity index (χ4v) is 6.40. The number of hydrogen-bond donors (Lipinski definition) is 1. The van der Waals surface area contributed by atoms with Gasteiger partial charge in [0.25, 0.3) is 0 Å². The molecule has 10 heteroatoms. The van der Waals surface area contributed by atoms with Crippen LogP contribution in [-0.4, -0.2) is 50.0 Å². The van der Waals surface area contributed by atoms with Crippen molar-refractivity contribution in [1.82, 2.24) is 10.2 Å². The van der Waals surface area contributed by atoms with Gasteiger partial charge in [-0.05, 0) is 55.2 Å². The SMILES string of the molecule is Cc1ccc(N(CC(=O)N(Cc2ccc(Cl)cc2Cl)C(Cc2ccccc2)C(=O)NC2CCCC2)S(C)(=O)=O)cc1. The number of benzene rings is 3. The molecule has 41 heavy (non-hydrogen) atoms. The molecule has 1 fully saturated rings. The van der Waals surface area contributed by atoms with Crippen molar-refractivity contribution in [3.8, 4) is 0 Å². The molecule has 0 bridgehead atoms. The lowest BCUT2D eigenvalue weighted by atomic mass is 10.0. The molecule has 1 aliphatic carbocycles. The van der Waals surface area contributed by atoms with Gasteiger partial charge in [-0.3, -0.25) is 13.9 Å². The Labute approximate surface area is 252 Å². The van der Waals surface area contributed by atoms with Gasteiger partial charge in [-0.25, -0.2) is 8.42 Å². The molecule has 0 aliphatic heterocycles. The Balaban J connectivity index is 1.74. The fourth-order valence-electron chi connectivity index (χ4n) is 5.08. The van der Waals surface area contributed by atoms with E-state index >= 15 is 0 Å². The molecule has 1 N–H and O–H groups in total. The maximum atomic E-state index is 14.2. The third-order valence-electron chi connectivity index (χ3n) is 7.33. The first kappa shape index (κ1) is 30.9. The van der Waals surface area contributed by atoms with Crippen molar-refractivity contribution in [3.63, 3.8) is 0 Å². The molecular formula is C31H35Cl2N3O4S. The van der Waals surface area contributed by atoms with Crippen LogP contribution >= 0.6 is 23.2 Å². The van der Waals surface area contributed by atoms with Gasteiger partial charge in [-0.15, -0.1) is 0 Å². The molecule has 0 saturated heterocycles. The fraction of sp³-hybridized carbons (Fsp3) is 0.355. The quantitative estimate of drug-likeness (QED) is 0.297. The summed E-state index contributed by atoms with van der Waals surface area (Å²) in [6.45, 7) is 1.42. The summed E-state index contributed by atoms with van der Waals surface area (Å²) in [6.07, 6.45) is 5.16. The summed E-state index contributed by atoms with van der Waals surface area (Å²) in [5.41, 5.74) is 2.79. The van der Waals surface area contributed by atoms with E-state index in [2.05, 4.69) is 5.32 Å². The van der Waals surface area contributed by atoms with Crippen molar-refractivity contribution in [2.24, 2.45) is 0 Å². The standard InChI is InChI=1S/C31H35Cl2N3O4S/c1-22-12-16-27(17-13-22)36(41(2,39)40)21-30(37)35(20-24-14-15-25(32)19-28(24)33)29(18-23-8-4-3-5-9-23)31(38)34-26-10-6-7-11-26/h3-5,8-9,12-17,19,26,29H,6-7,10-11,18,20-21H2,1-2H3,(H,34,38). The lowest BCUT2D eigenvalue weighted by Gasteiger charge is -2.34. The van der Waals surface area contributed by atoms with Gasteiger partial charge in [0.1, 0.15) is 12.6 Å². The Morgan fingerprint density at radius 2 is 1.63 bits per heavy atom. The number of amides is 2. The van der Waals surface area contributed by atoms with Crippen molar-refractivity contribution in [3.05, 3.63) is 99.5 Å². The molecule has 1 unspecified atom stereocenters. The summed E-state index contributed by atoms with van der Waals surface area (Å²) in [5, 5.41) is 3.94. The third-order valence-corrected chi connectivity index (χ3v) is 9.06. The highest BCUT2D eigenvalue weighted by atomic mass is 35.5. The first-order valence-electron chi connectivity index (χ1n) is 13.6. The van der Waals surface area contributed by atoms with Gasteiger partial charge in [0.15, 0.2) is 0 Å². The maximum Gasteiger partial charge on any atom is 0.244 e. The molecule has 3 aromatic rings. The van der Waals surface area contributed by atoms with Gasteiger partial charge in [0, 0.05) is 29.1 Å². The lowest BCUT2D eigenvalue weighted by Crippen LogP contribution is -2.54. The molecular weight excluding hydrogens is 581 g/mol. The molecule has 218 valence electrons. The monoisotopic (exact) mass is 615 g/mol. The summed E-state index contributed by atoms with van der Waals surface area (Å²) in [5.74, 6) is -0.801. The van der Waals surface area contributed by atoms with Gasteiger partial charge >= 0.3 is 0 Å². The molecule has 0 spiro atoms. The second-order valence-electron chi connectivity index (χ2n) is 10.6. The normalized spacial score (nSPS) is 14.4. The molecule has 7 nitrogen and oxygen atoms in total. The minimum atomic E-state index is -3.83. The average Bonchev–Trinajstić information content (AvgIpc) is 3.44. The highest BCUT2D eigenvalue weighted by Crippen LogP contribution is 2.26. The number of anilines is 1. The van der Waals surface area contributed by atoms with Crippen molar-refractivity contribution in [2.75, 3.05) is 17.1 Å². The van der Waals surface area contributed by atoms with Crippen LogP contribution in [0.5, 0.6) is 0 Å². The number of rotatable bonds is 11. The van der Waals surface area contributed by atoms with Crippen LogP contribution in [0.15, 0.2) is 72.8 Å². The van der Waals surface area contributed by atoms with E-state index in [9.17, 15) is 18.0 Å². The Hall–Kier alpha value is -3.07. The second-order valence-corrected chi connectivity index (χ2v) is 13.3. The van der Waals surface area contributed by atoms with Gasteiger partial charge in [0.05, 0.1) is 11.9 Å². The predicted octanol–water partition coefficient (Wildman–Crippen LogP) is 5.77. The van der Waals surface area contributed by atoms with Crippen LogP contribution in [0.25, 0.3) is 0 Å². The number of nitrogens with one attached hydrogen (secondary N) is 1. The van der Waals surface area contributed by atoms with E-state index in [4.69, 9.17) is 23.2 Å². The Morgan fingerprint density at radius 3 is 2.24 bits per heavy atom. The number of hydrogen-bond acceptors (Lipinski definition) is 4. The minimum Gasteiger partial charge on any atom is -0.352 e. The van der Waals surface area contributed by atoms with Crippen molar-refractivity contribution in [1.29, 1.82) is 0 Å². The number of carbonyl (C=O) groups excluding carboxylic acids is 2. The van der Waals surface area contributed by atoms with E-state index in [1.54, 1.807) is 42.5 Å². The number of nitrogens with zero attached hydrogens (tertiary/aromatic N) is 2. The van der Waals surface area contributed by atoms with E-state index in [1.807, 2.05) is 37.3 Å². The van der Waals surface area contributed by atoms with Crippen molar-refractivity contribution in [2.45, 2.75) is 57.7 Å². The molecule has 1 atom stereocenters. The van der Waals surface area contributed by atoms with Crippen LogP contribution in [0.4, 0.5) is 5.69 Å². The van der Waals surface area contributed by atoms with Gasteiger partial charge in [-0.2, -0.15) is 0 Å². The molecule has 2 amide bonds. The first-order chi connectivity index (χ1) is 19.5. The van der Waals surface area contributed by atoms with Gasteiger partial charge in [0.2, 0.25) is 21.8 Å². The van der Waals surface area contributed by atoms with Crippen LogP contribution in [0.3, 0.4) is 0 Å². The van der Waals surface area contributed by atoms with E-state index < -0.39 is 28.5 Å². The number of aryl methyl sites for hydroxylation is 1. The maximum absolute atomic E-state index is 14.2. The summed E-state index contributed by atoms with van der Waals surface area (Å²) in [4.78, 5) is 29.5. The van der Waals surface area contributed by atoms with Crippen LogP contribution in [0.2, 0.25) is 10.0 Å². The third kappa shape index (κ3) is 8.47. The van der Waals surface area contributed by atoms with Crippen LogP contribution in [-0.2, 0) is 32.6 Å². The number of sulfonamides is 1. The Bertz CT molecular complexity index is 1460. The van der Waals surface area contributed by atoms with E-state index in [1.165, 1.54) is 4.90 Å².